The quantitative estimate of drug-likeness (QED) is 0.635. The first-order valence-electron chi connectivity index (χ1n) is 7.40. The van der Waals surface area contributed by atoms with Crippen molar-refractivity contribution in [3.05, 3.63) is 97.1 Å². The van der Waals surface area contributed by atoms with Crippen LogP contribution in [0.15, 0.2) is 86.0 Å². The number of hydrogen-bond acceptors (Lipinski definition) is 1. The van der Waals surface area contributed by atoms with Crippen molar-refractivity contribution in [3.8, 4) is 0 Å². The Morgan fingerprint density at radius 3 is 1.86 bits per heavy atom. The van der Waals surface area contributed by atoms with Crippen molar-refractivity contribution in [2.24, 2.45) is 0 Å². The highest BCUT2D eigenvalue weighted by molar-refractivity contribution is 5.24. The van der Waals surface area contributed by atoms with Crippen molar-refractivity contribution in [2.45, 2.75) is 12.5 Å². The summed E-state index contributed by atoms with van der Waals surface area (Å²) in [6.45, 7) is 9.50. The number of benzene rings is 2. The first kappa shape index (κ1) is 15.3. The molecule has 0 heterocycles. The zero-order valence-electron chi connectivity index (χ0n) is 12.5. The number of hydrogen-bond donors (Lipinski definition) is 0. The molecule has 2 aromatic carbocycles. The van der Waals surface area contributed by atoms with Crippen LogP contribution in [0.1, 0.15) is 17.2 Å². The molecule has 1 nitrogen and oxygen atoms in total. The van der Waals surface area contributed by atoms with Crippen molar-refractivity contribution in [3.63, 3.8) is 0 Å². The summed E-state index contributed by atoms with van der Waals surface area (Å²) in [7, 11) is 0. The number of nitrogens with zero attached hydrogens (tertiary/aromatic N) is 1. The van der Waals surface area contributed by atoms with Crippen molar-refractivity contribution in [1.82, 2.24) is 4.90 Å². The summed E-state index contributed by atoms with van der Waals surface area (Å²) >= 11 is 0. The van der Waals surface area contributed by atoms with Gasteiger partial charge in [0.1, 0.15) is 0 Å². The Hall–Kier alpha value is -2.12. The summed E-state index contributed by atoms with van der Waals surface area (Å²) in [5.41, 5.74) is 2.69. The predicted molar refractivity (Wildman–Crippen MR) is 91.3 cm³/mol. The minimum atomic E-state index is 0.338. The van der Waals surface area contributed by atoms with Gasteiger partial charge in [0.05, 0.1) is 0 Å². The van der Waals surface area contributed by atoms with Crippen LogP contribution in [0.2, 0.25) is 0 Å². The molecule has 2 rings (SSSR count). The van der Waals surface area contributed by atoms with Crippen LogP contribution in [-0.2, 0) is 6.42 Å². The van der Waals surface area contributed by atoms with Crippen LogP contribution in [0.5, 0.6) is 0 Å². The Bertz CT molecular complexity index is 535. The van der Waals surface area contributed by atoms with Gasteiger partial charge in [-0.05, 0) is 17.5 Å². The molecule has 0 aliphatic heterocycles. The van der Waals surface area contributed by atoms with Gasteiger partial charge in [0.2, 0.25) is 0 Å². The highest BCUT2D eigenvalue weighted by atomic mass is 15.1. The lowest BCUT2D eigenvalue weighted by Gasteiger charge is -2.30. The summed E-state index contributed by atoms with van der Waals surface area (Å²) < 4.78 is 0. The van der Waals surface area contributed by atoms with E-state index in [0.29, 0.717) is 6.04 Å². The first-order chi connectivity index (χ1) is 10.3. The lowest BCUT2D eigenvalue weighted by molar-refractivity contribution is 0.241. The molecular formula is C20H23N. The van der Waals surface area contributed by atoms with Gasteiger partial charge in [-0.3, -0.25) is 4.90 Å². The van der Waals surface area contributed by atoms with E-state index in [1.807, 2.05) is 12.2 Å². The average molecular weight is 277 g/mol. The van der Waals surface area contributed by atoms with E-state index >= 15 is 0 Å². The molecule has 0 aliphatic rings. The zero-order valence-corrected chi connectivity index (χ0v) is 12.5. The van der Waals surface area contributed by atoms with Gasteiger partial charge in [-0.15, -0.1) is 13.2 Å². The molecule has 0 saturated carbocycles. The fraction of sp³-hybridized carbons (Fsp3) is 0.200. The van der Waals surface area contributed by atoms with E-state index in [1.165, 1.54) is 11.1 Å². The van der Waals surface area contributed by atoms with E-state index in [-0.39, 0.29) is 0 Å². The Morgan fingerprint density at radius 2 is 1.33 bits per heavy atom. The van der Waals surface area contributed by atoms with E-state index < -0.39 is 0 Å². The van der Waals surface area contributed by atoms with Crippen LogP contribution in [0.3, 0.4) is 0 Å². The molecular weight excluding hydrogens is 254 g/mol. The molecule has 108 valence electrons. The molecule has 0 radical (unpaired) electrons. The second-order valence-corrected chi connectivity index (χ2v) is 5.15. The molecule has 0 bridgehead atoms. The maximum Gasteiger partial charge on any atom is 0.0395 e. The summed E-state index contributed by atoms with van der Waals surface area (Å²) in [5.74, 6) is 0. The molecule has 0 aliphatic carbocycles. The van der Waals surface area contributed by atoms with Crippen molar-refractivity contribution in [1.29, 1.82) is 0 Å². The largest absolute Gasteiger partial charge is 0.289 e. The second-order valence-electron chi connectivity index (χ2n) is 5.15. The van der Waals surface area contributed by atoms with Crippen molar-refractivity contribution in [2.75, 3.05) is 13.1 Å². The highest BCUT2D eigenvalue weighted by Gasteiger charge is 2.18. The molecule has 1 heteroatoms. The summed E-state index contributed by atoms with van der Waals surface area (Å²) in [5, 5.41) is 0. The van der Waals surface area contributed by atoms with Gasteiger partial charge in [-0.2, -0.15) is 0 Å². The van der Waals surface area contributed by atoms with Crippen molar-refractivity contribution >= 4 is 0 Å². The van der Waals surface area contributed by atoms with Gasteiger partial charge in [0.25, 0.3) is 0 Å². The molecule has 2 aromatic rings. The van der Waals surface area contributed by atoms with Crippen LogP contribution < -0.4 is 0 Å². The Balaban J connectivity index is 2.28. The van der Waals surface area contributed by atoms with E-state index in [0.717, 1.165) is 19.5 Å². The molecule has 0 N–H and O–H groups in total. The minimum Gasteiger partial charge on any atom is -0.289 e. The Kier molecular flexibility index (Phi) is 5.99. The molecule has 21 heavy (non-hydrogen) atoms. The molecule has 1 atom stereocenters. The normalized spacial score (nSPS) is 12.0. The maximum atomic E-state index is 3.89. The Labute approximate surface area is 128 Å². The SMILES string of the molecule is C=CCN(CC=C)[C@@H](Cc1ccccc1)c1ccccc1. The smallest absolute Gasteiger partial charge is 0.0395 e. The predicted octanol–water partition coefficient (Wildman–Crippen LogP) is 4.64. The molecule has 0 spiro atoms. The van der Waals surface area contributed by atoms with Crippen LogP contribution >= 0.6 is 0 Å². The van der Waals surface area contributed by atoms with Gasteiger partial charge in [0, 0.05) is 19.1 Å². The molecule has 0 amide bonds. The molecule has 0 saturated heterocycles. The Morgan fingerprint density at radius 1 is 0.810 bits per heavy atom. The first-order valence-corrected chi connectivity index (χ1v) is 7.40. The lowest BCUT2D eigenvalue weighted by atomic mass is 9.97. The van der Waals surface area contributed by atoms with Crippen LogP contribution in [-0.4, -0.2) is 18.0 Å². The van der Waals surface area contributed by atoms with Crippen LogP contribution in [0, 0.1) is 0 Å². The highest BCUT2D eigenvalue weighted by Crippen LogP contribution is 2.25. The van der Waals surface area contributed by atoms with Crippen molar-refractivity contribution < 1.29 is 0 Å². The zero-order chi connectivity index (χ0) is 14.9. The van der Waals surface area contributed by atoms with Crippen LogP contribution in [0.25, 0.3) is 0 Å². The maximum absolute atomic E-state index is 3.89. The van der Waals surface area contributed by atoms with Gasteiger partial charge in [-0.25, -0.2) is 0 Å². The number of rotatable bonds is 8. The van der Waals surface area contributed by atoms with E-state index in [1.54, 1.807) is 0 Å². The van der Waals surface area contributed by atoms with E-state index in [4.69, 9.17) is 0 Å². The fourth-order valence-corrected chi connectivity index (χ4v) is 2.63. The lowest BCUT2D eigenvalue weighted by Crippen LogP contribution is -2.30. The summed E-state index contributed by atoms with van der Waals surface area (Å²) in [6, 6.07) is 21.7. The molecule has 0 fully saturated rings. The third-order valence-electron chi connectivity index (χ3n) is 3.62. The van der Waals surface area contributed by atoms with Gasteiger partial charge in [0.15, 0.2) is 0 Å². The summed E-state index contributed by atoms with van der Waals surface area (Å²) in [4.78, 5) is 2.41. The average Bonchev–Trinajstić information content (AvgIpc) is 2.54. The van der Waals surface area contributed by atoms with E-state index in [2.05, 4.69) is 78.7 Å². The van der Waals surface area contributed by atoms with Gasteiger partial charge < -0.3 is 0 Å². The van der Waals surface area contributed by atoms with Crippen LogP contribution in [0.4, 0.5) is 0 Å². The topological polar surface area (TPSA) is 3.24 Å². The summed E-state index contributed by atoms with van der Waals surface area (Å²) in [6.07, 6.45) is 4.92. The fourth-order valence-electron chi connectivity index (χ4n) is 2.63. The molecule has 0 unspecified atom stereocenters. The standard InChI is InChI=1S/C20H23N/c1-3-15-21(16-4-2)20(19-13-9-6-10-14-19)17-18-11-7-5-8-12-18/h3-14,20H,1-2,15-17H2/t20-/m0/s1. The minimum absolute atomic E-state index is 0.338. The van der Waals surface area contributed by atoms with E-state index in [9.17, 15) is 0 Å². The molecule has 0 aromatic heterocycles. The second kappa shape index (κ2) is 8.23. The van der Waals surface area contributed by atoms with Gasteiger partial charge >= 0.3 is 0 Å². The van der Waals surface area contributed by atoms with Gasteiger partial charge in [-0.1, -0.05) is 72.8 Å². The third-order valence-corrected chi connectivity index (χ3v) is 3.62. The third kappa shape index (κ3) is 4.44. The monoisotopic (exact) mass is 277 g/mol.